The van der Waals surface area contributed by atoms with Crippen LogP contribution >= 0.6 is 0 Å². The number of ether oxygens (including phenoxy) is 1. The number of amides is 1. The number of carbonyl (C=O) groups is 1. The molecule has 1 rings (SSSR count). The molecule has 0 unspecified atom stereocenters. The van der Waals surface area contributed by atoms with E-state index in [1.54, 1.807) is 0 Å². The van der Waals surface area contributed by atoms with Crippen LogP contribution in [0.4, 0.5) is 0 Å². The average molecular weight is 227 g/mol. The Morgan fingerprint density at radius 3 is 2.25 bits per heavy atom. The van der Waals surface area contributed by atoms with Gasteiger partial charge in [0.2, 0.25) is 5.91 Å². The maximum Gasteiger partial charge on any atom is 0.246 e. The minimum Gasteiger partial charge on any atom is -0.372 e. The van der Waals surface area contributed by atoms with Crippen LogP contribution in [0.5, 0.6) is 0 Å². The van der Waals surface area contributed by atoms with Gasteiger partial charge in [-0.1, -0.05) is 34.6 Å². The fourth-order valence-electron chi connectivity index (χ4n) is 2.42. The van der Waals surface area contributed by atoms with Crippen LogP contribution in [0.3, 0.4) is 0 Å². The Hall–Kier alpha value is -0.570. The van der Waals surface area contributed by atoms with Crippen molar-refractivity contribution in [2.24, 2.45) is 16.7 Å². The van der Waals surface area contributed by atoms with Gasteiger partial charge in [0.15, 0.2) is 0 Å². The standard InChI is InChI=1S/C13H25NO2/c1-6-7-16-9-11(15)14-8-10-12(2,3)13(10,4)5/h10H,6-9H2,1-5H3,(H,14,15). The number of hydrogen-bond acceptors (Lipinski definition) is 2. The zero-order valence-electron chi connectivity index (χ0n) is 11.2. The molecule has 0 heterocycles. The predicted molar refractivity (Wildman–Crippen MR) is 65.2 cm³/mol. The summed E-state index contributed by atoms with van der Waals surface area (Å²) < 4.78 is 5.19. The molecule has 0 atom stereocenters. The largest absolute Gasteiger partial charge is 0.372 e. The van der Waals surface area contributed by atoms with Crippen LogP contribution < -0.4 is 5.32 Å². The van der Waals surface area contributed by atoms with Gasteiger partial charge in [0.05, 0.1) is 0 Å². The lowest BCUT2D eigenvalue weighted by Crippen LogP contribution is -2.30. The van der Waals surface area contributed by atoms with Gasteiger partial charge in [-0.2, -0.15) is 0 Å². The number of hydrogen-bond donors (Lipinski definition) is 1. The highest BCUT2D eigenvalue weighted by Gasteiger charge is 2.64. The second kappa shape index (κ2) is 4.74. The molecule has 1 saturated carbocycles. The average Bonchev–Trinajstić information content (AvgIpc) is 2.55. The lowest BCUT2D eigenvalue weighted by Gasteiger charge is -2.06. The summed E-state index contributed by atoms with van der Waals surface area (Å²) in [5.41, 5.74) is 0.676. The second-order valence-corrected chi connectivity index (χ2v) is 5.85. The topological polar surface area (TPSA) is 38.3 Å². The first-order valence-corrected chi connectivity index (χ1v) is 6.18. The van der Waals surface area contributed by atoms with Crippen molar-refractivity contribution in [2.75, 3.05) is 19.8 Å². The molecule has 1 aliphatic rings. The summed E-state index contributed by atoms with van der Waals surface area (Å²) in [4.78, 5) is 11.4. The molecule has 0 radical (unpaired) electrons. The summed E-state index contributed by atoms with van der Waals surface area (Å²) in [6.45, 7) is 12.7. The van der Waals surface area contributed by atoms with Crippen molar-refractivity contribution >= 4 is 5.91 Å². The molecule has 94 valence electrons. The van der Waals surface area contributed by atoms with Crippen LogP contribution in [0.2, 0.25) is 0 Å². The van der Waals surface area contributed by atoms with Gasteiger partial charge in [0.1, 0.15) is 6.61 Å². The fraction of sp³-hybridized carbons (Fsp3) is 0.923. The Morgan fingerprint density at radius 1 is 1.25 bits per heavy atom. The van der Waals surface area contributed by atoms with Crippen LogP contribution in [0.25, 0.3) is 0 Å². The molecule has 1 fully saturated rings. The molecular weight excluding hydrogens is 202 g/mol. The number of rotatable bonds is 6. The molecule has 0 aliphatic heterocycles. The fourth-order valence-corrected chi connectivity index (χ4v) is 2.42. The van der Waals surface area contributed by atoms with Crippen molar-refractivity contribution in [3.8, 4) is 0 Å². The molecule has 3 nitrogen and oxygen atoms in total. The SMILES string of the molecule is CCCOCC(=O)NCC1C(C)(C)C1(C)C. The van der Waals surface area contributed by atoms with Gasteiger partial charge in [0.25, 0.3) is 0 Å². The zero-order valence-corrected chi connectivity index (χ0v) is 11.2. The van der Waals surface area contributed by atoms with E-state index in [2.05, 4.69) is 33.0 Å². The van der Waals surface area contributed by atoms with Crippen LogP contribution in [0.15, 0.2) is 0 Å². The summed E-state index contributed by atoms with van der Waals surface area (Å²) in [5, 5.41) is 2.95. The summed E-state index contributed by atoms with van der Waals surface area (Å²) in [5.74, 6) is 0.585. The monoisotopic (exact) mass is 227 g/mol. The molecule has 1 amide bonds. The summed E-state index contributed by atoms with van der Waals surface area (Å²) in [6.07, 6.45) is 0.954. The summed E-state index contributed by atoms with van der Waals surface area (Å²) in [7, 11) is 0. The maximum atomic E-state index is 11.4. The van der Waals surface area contributed by atoms with Crippen molar-refractivity contribution in [2.45, 2.75) is 41.0 Å². The third-order valence-corrected chi connectivity index (χ3v) is 4.40. The maximum absolute atomic E-state index is 11.4. The molecule has 16 heavy (non-hydrogen) atoms. The van der Waals surface area contributed by atoms with Gasteiger partial charge in [-0.05, 0) is 23.2 Å². The molecule has 0 aromatic carbocycles. The molecule has 0 bridgehead atoms. The van der Waals surface area contributed by atoms with Crippen LogP contribution in [-0.2, 0) is 9.53 Å². The normalized spacial score (nSPS) is 21.8. The van der Waals surface area contributed by atoms with Crippen molar-refractivity contribution < 1.29 is 9.53 Å². The molecule has 1 aliphatic carbocycles. The molecule has 0 aromatic rings. The van der Waals surface area contributed by atoms with E-state index < -0.39 is 0 Å². The van der Waals surface area contributed by atoms with Crippen LogP contribution in [0, 0.1) is 16.7 Å². The van der Waals surface area contributed by atoms with Gasteiger partial charge < -0.3 is 10.1 Å². The quantitative estimate of drug-likeness (QED) is 0.707. The molecule has 1 N–H and O–H groups in total. The molecule has 0 spiro atoms. The van der Waals surface area contributed by atoms with Crippen molar-refractivity contribution in [3.05, 3.63) is 0 Å². The highest BCUT2D eigenvalue weighted by Crippen LogP contribution is 2.67. The predicted octanol–water partition coefficient (Wildman–Crippen LogP) is 2.21. The van der Waals surface area contributed by atoms with E-state index in [1.165, 1.54) is 0 Å². The summed E-state index contributed by atoms with van der Waals surface area (Å²) >= 11 is 0. The van der Waals surface area contributed by atoms with Crippen LogP contribution in [0.1, 0.15) is 41.0 Å². The van der Waals surface area contributed by atoms with E-state index in [-0.39, 0.29) is 12.5 Å². The first-order chi connectivity index (χ1) is 7.34. The molecule has 3 heteroatoms. The van der Waals surface area contributed by atoms with E-state index in [1.807, 2.05) is 6.92 Å². The molecular formula is C13H25NO2. The molecule has 0 aromatic heterocycles. The Morgan fingerprint density at radius 2 is 1.81 bits per heavy atom. The Bertz CT molecular complexity index is 245. The lowest BCUT2D eigenvalue weighted by molar-refractivity contribution is -0.125. The Labute approximate surface area is 98.9 Å². The summed E-state index contributed by atoms with van der Waals surface area (Å²) in [6, 6.07) is 0. The number of carbonyl (C=O) groups excluding carboxylic acids is 1. The zero-order chi connectivity index (χ0) is 12.4. The Kier molecular flexibility index (Phi) is 4.00. The molecule has 0 saturated heterocycles. The lowest BCUT2D eigenvalue weighted by atomic mass is 10.0. The van der Waals surface area contributed by atoms with Gasteiger partial charge in [-0.25, -0.2) is 0 Å². The third-order valence-electron chi connectivity index (χ3n) is 4.40. The van der Waals surface area contributed by atoms with E-state index in [0.29, 0.717) is 23.4 Å². The first kappa shape index (κ1) is 13.5. The first-order valence-electron chi connectivity index (χ1n) is 6.18. The van der Waals surface area contributed by atoms with Crippen molar-refractivity contribution in [1.29, 1.82) is 0 Å². The smallest absolute Gasteiger partial charge is 0.246 e. The third kappa shape index (κ3) is 2.57. The highest BCUT2D eigenvalue weighted by atomic mass is 16.5. The van der Waals surface area contributed by atoms with E-state index in [4.69, 9.17) is 4.74 Å². The number of nitrogens with one attached hydrogen (secondary N) is 1. The van der Waals surface area contributed by atoms with Crippen molar-refractivity contribution in [3.63, 3.8) is 0 Å². The Balaban J connectivity index is 2.19. The van der Waals surface area contributed by atoms with E-state index >= 15 is 0 Å². The highest BCUT2D eigenvalue weighted by molar-refractivity contribution is 5.77. The van der Waals surface area contributed by atoms with E-state index in [0.717, 1.165) is 13.0 Å². The van der Waals surface area contributed by atoms with E-state index in [9.17, 15) is 4.79 Å². The second-order valence-electron chi connectivity index (χ2n) is 5.85. The minimum absolute atomic E-state index is 0.00644. The van der Waals surface area contributed by atoms with Gasteiger partial charge in [0, 0.05) is 13.2 Å². The van der Waals surface area contributed by atoms with Crippen molar-refractivity contribution in [1.82, 2.24) is 5.32 Å². The van der Waals surface area contributed by atoms with Crippen LogP contribution in [-0.4, -0.2) is 25.7 Å². The van der Waals surface area contributed by atoms with Gasteiger partial charge in [-0.3, -0.25) is 4.79 Å². The minimum atomic E-state index is 0.00644. The van der Waals surface area contributed by atoms with Gasteiger partial charge >= 0.3 is 0 Å². The van der Waals surface area contributed by atoms with Gasteiger partial charge in [-0.15, -0.1) is 0 Å².